The molecule has 0 saturated heterocycles. The van der Waals surface area contributed by atoms with Gasteiger partial charge in [-0.3, -0.25) is 0 Å². The Bertz CT molecular complexity index is 552. The van der Waals surface area contributed by atoms with Crippen LogP contribution in [0.25, 0.3) is 0 Å². The lowest BCUT2D eigenvalue weighted by Crippen LogP contribution is -2.29. The van der Waals surface area contributed by atoms with Gasteiger partial charge in [-0.2, -0.15) is 0 Å². The van der Waals surface area contributed by atoms with Gasteiger partial charge in [0.15, 0.2) is 0 Å². The second kappa shape index (κ2) is 7.60. The largest absolute Gasteiger partial charge is 0.306 e. The molecule has 1 fully saturated rings. The number of hydrogen-bond donors (Lipinski definition) is 1. The van der Waals surface area contributed by atoms with E-state index in [9.17, 15) is 0 Å². The van der Waals surface area contributed by atoms with Crippen molar-refractivity contribution >= 4 is 0 Å². The van der Waals surface area contributed by atoms with Crippen molar-refractivity contribution in [3.8, 4) is 0 Å². The lowest BCUT2D eigenvalue weighted by Gasteiger charge is -2.31. The van der Waals surface area contributed by atoms with Gasteiger partial charge in [-0.25, -0.2) is 0 Å². The van der Waals surface area contributed by atoms with Gasteiger partial charge in [0.1, 0.15) is 0 Å². The lowest BCUT2D eigenvalue weighted by atomic mass is 9.81. The summed E-state index contributed by atoms with van der Waals surface area (Å²) in [6.45, 7) is 3.12. The minimum Gasteiger partial charge on any atom is -0.306 e. The van der Waals surface area contributed by atoms with E-state index in [0.29, 0.717) is 6.04 Å². The van der Waals surface area contributed by atoms with Gasteiger partial charge in [-0.05, 0) is 36.8 Å². The summed E-state index contributed by atoms with van der Waals surface area (Å²) in [6, 6.07) is 20.4. The molecule has 0 aliphatic heterocycles. The molecule has 0 spiro atoms. The first-order valence-electron chi connectivity index (χ1n) is 8.67. The molecule has 3 rings (SSSR count). The summed E-state index contributed by atoms with van der Waals surface area (Å²) in [5.74, 6) is 0.778. The third kappa shape index (κ3) is 3.98. The summed E-state index contributed by atoms with van der Waals surface area (Å²) in [7, 11) is 0. The van der Waals surface area contributed by atoms with Crippen LogP contribution in [0.2, 0.25) is 0 Å². The van der Waals surface area contributed by atoms with E-state index in [1.165, 1.54) is 48.8 Å². The van der Waals surface area contributed by atoms with Crippen LogP contribution in [0.15, 0.2) is 54.6 Å². The van der Waals surface area contributed by atoms with Gasteiger partial charge in [0, 0.05) is 12.6 Å². The van der Waals surface area contributed by atoms with Crippen molar-refractivity contribution in [1.29, 1.82) is 0 Å². The van der Waals surface area contributed by atoms with Gasteiger partial charge in [0.25, 0.3) is 0 Å². The first-order valence-corrected chi connectivity index (χ1v) is 8.67. The van der Waals surface area contributed by atoms with Crippen molar-refractivity contribution in [3.05, 3.63) is 71.3 Å². The van der Waals surface area contributed by atoms with Crippen LogP contribution in [0.4, 0.5) is 0 Å². The van der Waals surface area contributed by atoms with Crippen LogP contribution in [-0.4, -0.2) is 0 Å². The Hall–Kier alpha value is -1.60. The average Bonchev–Trinajstić information content (AvgIpc) is 2.58. The van der Waals surface area contributed by atoms with Gasteiger partial charge >= 0.3 is 0 Å². The molecule has 0 aromatic heterocycles. The minimum atomic E-state index is 0.487. The highest BCUT2D eigenvalue weighted by molar-refractivity contribution is 5.25. The normalized spacial score (nSPS) is 17.3. The number of benzene rings is 2. The van der Waals surface area contributed by atoms with Crippen LogP contribution in [-0.2, 0) is 6.54 Å². The monoisotopic (exact) mass is 293 g/mol. The molecule has 1 aliphatic rings. The van der Waals surface area contributed by atoms with Crippen LogP contribution in [0, 0.1) is 12.8 Å². The summed E-state index contributed by atoms with van der Waals surface area (Å²) in [4.78, 5) is 0. The van der Waals surface area contributed by atoms with Crippen LogP contribution >= 0.6 is 0 Å². The molecule has 2 aromatic carbocycles. The number of rotatable bonds is 5. The maximum atomic E-state index is 3.84. The van der Waals surface area contributed by atoms with Crippen LogP contribution in [0.1, 0.15) is 54.8 Å². The second-order valence-corrected chi connectivity index (χ2v) is 6.65. The van der Waals surface area contributed by atoms with Crippen molar-refractivity contribution < 1.29 is 0 Å². The van der Waals surface area contributed by atoms with Crippen molar-refractivity contribution in [2.75, 3.05) is 0 Å². The lowest BCUT2D eigenvalue weighted by molar-refractivity contribution is 0.270. The summed E-state index contributed by atoms with van der Waals surface area (Å²) in [5, 5.41) is 3.84. The fourth-order valence-corrected chi connectivity index (χ4v) is 3.62. The Balaban J connectivity index is 1.74. The molecule has 116 valence electrons. The second-order valence-electron chi connectivity index (χ2n) is 6.65. The molecule has 0 amide bonds. The zero-order valence-electron chi connectivity index (χ0n) is 13.6. The maximum absolute atomic E-state index is 3.84. The van der Waals surface area contributed by atoms with E-state index in [0.717, 1.165) is 12.5 Å². The van der Waals surface area contributed by atoms with E-state index in [2.05, 4.69) is 66.8 Å². The molecule has 1 aliphatic carbocycles. The van der Waals surface area contributed by atoms with E-state index < -0.39 is 0 Å². The highest BCUT2D eigenvalue weighted by Crippen LogP contribution is 2.34. The van der Waals surface area contributed by atoms with Crippen LogP contribution in [0.3, 0.4) is 0 Å². The van der Waals surface area contributed by atoms with E-state index in [1.807, 2.05) is 0 Å². The topological polar surface area (TPSA) is 12.0 Å². The third-order valence-electron chi connectivity index (χ3n) is 4.93. The highest BCUT2D eigenvalue weighted by Gasteiger charge is 2.24. The number of nitrogens with one attached hydrogen (secondary N) is 1. The Kier molecular flexibility index (Phi) is 5.29. The SMILES string of the molecule is Cc1ccc(C(NCc2ccccc2)C2CCCCC2)cc1. The molecule has 1 nitrogen and oxygen atoms in total. The minimum absolute atomic E-state index is 0.487. The summed E-state index contributed by atoms with van der Waals surface area (Å²) >= 11 is 0. The van der Waals surface area contributed by atoms with Crippen molar-refractivity contribution in [2.24, 2.45) is 5.92 Å². The Morgan fingerprint density at radius 2 is 1.59 bits per heavy atom. The Morgan fingerprint density at radius 3 is 2.27 bits per heavy atom. The van der Waals surface area contributed by atoms with Crippen molar-refractivity contribution in [2.45, 2.75) is 51.6 Å². The number of hydrogen-bond acceptors (Lipinski definition) is 1. The molecule has 0 heterocycles. The number of aryl methyl sites for hydroxylation is 1. The van der Waals surface area contributed by atoms with E-state index in [-0.39, 0.29) is 0 Å². The molecule has 0 radical (unpaired) electrons. The molecule has 1 atom stereocenters. The van der Waals surface area contributed by atoms with Gasteiger partial charge in [-0.1, -0.05) is 79.4 Å². The fourth-order valence-electron chi connectivity index (χ4n) is 3.62. The van der Waals surface area contributed by atoms with Crippen molar-refractivity contribution in [1.82, 2.24) is 5.32 Å². The molecular formula is C21H27N. The molecule has 1 heteroatoms. The summed E-state index contributed by atoms with van der Waals surface area (Å²) < 4.78 is 0. The van der Waals surface area contributed by atoms with Gasteiger partial charge in [0.05, 0.1) is 0 Å². The van der Waals surface area contributed by atoms with Crippen LogP contribution < -0.4 is 5.32 Å². The zero-order valence-corrected chi connectivity index (χ0v) is 13.6. The van der Waals surface area contributed by atoms with Crippen LogP contribution in [0.5, 0.6) is 0 Å². The summed E-state index contributed by atoms with van der Waals surface area (Å²) in [5.41, 5.74) is 4.16. The Morgan fingerprint density at radius 1 is 0.909 bits per heavy atom. The maximum Gasteiger partial charge on any atom is 0.0351 e. The van der Waals surface area contributed by atoms with Gasteiger partial charge in [-0.15, -0.1) is 0 Å². The first kappa shape index (κ1) is 15.3. The zero-order chi connectivity index (χ0) is 15.2. The molecule has 1 unspecified atom stereocenters. The van der Waals surface area contributed by atoms with E-state index >= 15 is 0 Å². The van der Waals surface area contributed by atoms with E-state index in [1.54, 1.807) is 0 Å². The highest BCUT2D eigenvalue weighted by atomic mass is 14.9. The average molecular weight is 293 g/mol. The predicted molar refractivity (Wildman–Crippen MR) is 93.8 cm³/mol. The smallest absolute Gasteiger partial charge is 0.0351 e. The molecule has 22 heavy (non-hydrogen) atoms. The third-order valence-corrected chi connectivity index (χ3v) is 4.93. The van der Waals surface area contributed by atoms with E-state index in [4.69, 9.17) is 0 Å². The Labute approximate surface area is 134 Å². The van der Waals surface area contributed by atoms with Gasteiger partial charge in [0.2, 0.25) is 0 Å². The molecule has 2 aromatic rings. The van der Waals surface area contributed by atoms with Gasteiger partial charge < -0.3 is 5.32 Å². The molecule has 0 bridgehead atoms. The quantitative estimate of drug-likeness (QED) is 0.777. The predicted octanol–water partition coefficient (Wildman–Crippen LogP) is 5.41. The summed E-state index contributed by atoms with van der Waals surface area (Å²) in [6.07, 6.45) is 6.91. The molecule has 1 N–H and O–H groups in total. The standard InChI is InChI=1S/C21H27N/c1-17-12-14-20(15-13-17)21(19-10-6-3-7-11-19)22-16-18-8-4-2-5-9-18/h2,4-5,8-9,12-15,19,21-22H,3,6-7,10-11,16H2,1H3. The molecule has 1 saturated carbocycles. The van der Waals surface area contributed by atoms with Crippen molar-refractivity contribution in [3.63, 3.8) is 0 Å². The fraction of sp³-hybridized carbons (Fsp3) is 0.429. The molecular weight excluding hydrogens is 266 g/mol. The first-order chi connectivity index (χ1) is 10.8.